The Labute approximate surface area is 116 Å². The fourth-order valence-corrected chi connectivity index (χ4v) is 2.76. The van der Waals surface area contributed by atoms with Gasteiger partial charge in [-0.3, -0.25) is 4.90 Å². The summed E-state index contributed by atoms with van der Waals surface area (Å²) in [5, 5.41) is 0. The topological polar surface area (TPSA) is 29.3 Å². The summed E-state index contributed by atoms with van der Waals surface area (Å²) in [5.41, 5.74) is 7.53. The van der Waals surface area contributed by atoms with Crippen molar-refractivity contribution in [2.75, 3.05) is 13.1 Å². The first kappa shape index (κ1) is 16.1. The lowest BCUT2D eigenvalue weighted by atomic mass is 9.84. The molecule has 0 aliphatic rings. The zero-order valence-electron chi connectivity index (χ0n) is 12.6. The van der Waals surface area contributed by atoms with Crippen LogP contribution >= 0.6 is 0 Å². The molecule has 0 aliphatic carbocycles. The third-order valence-electron chi connectivity index (χ3n) is 4.37. The molecule has 0 heterocycles. The van der Waals surface area contributed by atoms with Gasteiger partial charge in [-0.05, 0) is 50.6 Å². The number of hydrogen-bond donors (Lipinski definition) is 1. The van der Waals surface area contributed by atoms with E-state index in [0.717, 1.165) is 31.5 Å². The van der Waals surface area contributed by atoms with Crippen molar-refractivity contribution in [3.05, 3.63) is 35.6 Å². The van der Waals surface area contributed by atoms with Gasteiger partial charge < -0.3 is 5.73 Å². The van der Waals surface area contributed by atoms with Crippen molar-refractivity contribution in [1.29, 1.82) is 0 Å². The molecule has 0 radical (unpaired) electrons. The minimum atomic E-state index is -0.195. The summed E-state index contributed by atoms with van der Waals surface area (Å²) in [5.74, 6) is -0.195. The molecule has 2 N–H and O–H groups in total. The maximum Gasteiger partial charge on any atom is 0.123 e. The first-order chi connectivity index (χ1) is 8.97. The third kappa shape index (κ3) is 3.77. The van der Waals surface area contributed by atoms with E-state index in [1.165, 1.54) is 12.1 Å². The quantitative estimate of drug-likeness (QED) is 0.821. The smallest absolute Gasteiger partial charge is 0.123 e. The summed E-state index contributed by atoms with van der Waals surface area (Å²) in [6.45, 7) is 10.7. The Morgan fingerprint density at radius 1 is 1.16 bits per heavy atom. The molecule has 0 fully saturated rings. The second kappa shape index (κ2) is 7.01. The van der Waals surface area contributed by atoms with E-state index in [1.54, 1.807) is 0 Å². The van der Waals surface area contributed by atoms with Gasteiger partial charge in [-0.25, -0.2) is 4.39 Å². The molecule has 2 unspecified atom stereocenters. The van der Waals surface area contributed by atoms with E-state index in [-0.39, 0.29) is 17.4 Å². The standard InChI is InChI=1S/C16H27FN2/c1-5-16(4,19(6-2)7-3)15(18)12-13-8-10-14(17)11-9-13/h8-11,15H,5-7,12,18H2,1-4H3. The number of nitrogens with two attached hydrogens (primary N) is 1. The van der Waals surface area contributed by atoms with Gasteiger partial charge in [0.15, 0.2) is 0 Å². The predicted octanol–water partition coefficient (Wildman–Crippen LogP) is 3.21. The van der Waals surface area contributed by atoms with Crippen LogP contribution in [-0.2, 0) is 6.42 Å². The number of nitrogens with zero attached hydrogens (tertiary/aromatic N) is 1. The molecule has 0 bridgehead atoms. The van der Waals surface area contributed by atoms with Gasteiger partial charge in [-0.1, -0.05) is 32.9 Å². The van der Waals surface area contributed by atoms with E-state index in [9.17, 15) is 4.39 Å². The average Bonchev–Trinajstić information content (AvgIpc) is 2.42. The third-order valence-corrected chi connectivity index (χ3v) is 4.37. The lowest BCUT2D eigenvalue weighted by Gasteiger charge is -2.44. The summed E-state index contributed by atoms with van der Waals surface area (Å²) < 4.78 is 12.9. The highest BCUT2D eigenvalue weighted by molar-refractivity contribution is 5.18. The van der Waals surface area contributed by atoms with E-state index in [1.807, 2.05) is 12.1 Å². The zero-order valence-corrected chi connectivity index (χ0v) is 12.6. The van der Waals surface area contributed by atoms with E-state index in [2.05, 4.69) is 32.6 Å². The first-order valence-corrected chi connectivity index (χ1v) is 7.23. The first-order valence-electron chi connectivity index (χ1n) is 7.23. The van der Waals surface area contributed by atoms with Crippen molar-refractivity contribution in [1.82, 2.24) is 4.90 Å². The molecule has 1 rings (SSSR count). The number of rotatable bonds is 7. The lowest BCUT2D eigenvalue weighted by Crippen LogP contribution is -2.58. The second-order valence-electron chi connectivity index (χ2n) is 5.32. The van der Waals surface area contributed by atoms with Crippen LogP contribution < -0.4 is 5.73 Å². The van der Waals surface area contributed by atoms with Crippen LogP contribution in [-0.4, -0.2) is 29.6 Å². The van der Waals surface area contributed by atoms with Crippen LogP contribution in [0.4, 0.5) is 4.39 Å². The molecule has 19 heavy (non-hydrogen) atoms. The highest BCUT2D eigenvalue weighted by atomic mass is 19.1. The molecule has 0 aliphatic heterocycles. The molecule has 0 saturated heterocycles. The van der Waals surface area contributed by atoms with Gasteiger partial charge in [0, 0.05) is 11.6 Å². The van der Waals surface area contributed by atoms with Gasteiger partial charge >= 0.3 is 0 Å². The Morgan fingerprint density at radius 2 is 1.68 bits per heavy atom. The number of likely N-dealkylation sites (N-methyl/N-ethyl adjacent to an activating group) is 1. The van der Waals surface area contributed by atoms with Gasteiger partial charge in [0.05, 0.1) is 0 Å². The monoisotopic (exact) mass is 266 g/mol. The highest BCUT2D eigenvalue weighted by Crippen LogP contribution is 2.24. The molecule has 1 aromatic rings. The van der Waals surface area contributed by atoms with Crippen LogP contribution in [0.5, 0.6) is 0 Å². The molecule has 2 atom stereocenters. The summed E-state index contributed by atoms with van der Waals surface area (Å²) in [6, 6.07) is 6.70. The van der Waals surface area contributed by atoms with Crippen LogP contribution in [0, 0.1) is 5.82 Å². The molecule has 3 heteroatoms. The van der Waals surface area contributed by atoms with Crippen LogP contribution in [0.25, 0.3) is 0 Å². The van der Waals surface area contributed by atoms with Crippen LogP contribution in [0.15, 0.2) is 24.3 Å². The Balaban J connectivity index is 2.83. The summed E-state index contributed by atoms with van der Waals surface area (Å²) in [4.78, 5) is 2.42. The average molecular weight is 266 g/mol. The van der Waals surface area contributed by atoms with E-state index >= 15 is 0 Å². The Morgan fingerprint density at radius 3 is 2.11 bits per heavy atom. The van der Waals surface area contributed by atoms with Crippen molar-refractivity contribution in [3.8, 4) is 0 Å². The van der Waals surface area contributed by atoms with Gasteiger partial charge in [-0.15, -0.1) is 0 Å². The maximum atomic E-state index is 12.9. The molecule has 108 valence electrons. The van der Waals surface area contributed by atoms with Gasteiger partial charge in [-0.2, -0.15) is 0 Å². The molecule has 0 spiro atoms. The van der Waals surface area contributed by atoms with E-state index in [0.29, 0.717) is 0 Å². The molecule has 1 aromatic carbocycles. The van der Waals surface area contributed by atoms with Crippen molar-refractivity contribution in [2.24, 2.45) is 5.73 Å². The number of halogens is 1. The number of benzene rings is 1. The Hall–Kier alpha value is -0.930. The highest BCUT2D eigenvalue weighted by Gasteiger charge is 2.34. The van der Waals surface area contributed by atoms with Crippen molar-refractivity contribution < 1.29 is 4.39 Å². The molecule has 0 amide bonds. The molecule has 0 saturated carbocycles. The largest absolute Gasteiger partial charge is 0.326 e. The van der Waals surface area contributed by atoms with Crippen LogP contribution in [0.2, 0.25) is 0 Å². The van der Waals surface area contributed by atoms with E-state index < -0.39 is 0 Å². The van der Waals surface area contributed by atoms with Crippen molar-refractivity contribution in [2.45, 2.75) is 52.1 Å². The summed E-state index contributed by atoms with van der Waals surface area (Å²) in [6.07, 6.45) is 1.79. The Kier molecular flexibility index (Phi) is 5.95. The maximum absolute atomic E-state index is 12.9. The molecular weight excluding hydrogens is 239 g/mol. The van der Waals surface area contributed by atoms with Crippen molar-refractivity contribution in [3.63, 3.8) is 0 Å². The van der Waals surface area contributed by atoms with Gasteiger partial charge in [0.2, 0.25) is 0 Å². The van der Waals surface area contributed by atoms with E-state index in [4.69, 9.17) is 5.73 Å². The fraction of sp³-hybridized carbons (Fsp3) is 0.625. The van der Waals surface area contributed by atoms with Crippen LogP contribution in [0.1, 0.15) is 39.7 Å². The van der Waals surface area contributed by atoms with Crippen molar-refractivity contribution >= 4 is 0 Å². The summed E-state index contributed by atoms with van der Waals surface area (Å²) in [7, 11) is 0. The number of hydrogen-bond acceptors (Lipinski definition) is 2. The lowest BCUT2D eigenvalue weighted by molar-refractivity contribution is 0.0845. The predicted molar refractivity (Wildman–Crippen MR) is 79.7 cm³/mol. The van der Waals surface area contributed by atoms with Crippen LogP contribution in [0.3, 0.4) is 0 Å². The second-order valence-corrected chi connectivity index (χ2v) is 5.32. The minimum absolute atomic E-state index is 0.0160. The SMILES string of the molecule is CCN(CC)C(C)(CC)C(N)Cc1ccc(F)cc1. The molecule has 0 aromatic heterocycles. The summed E-state index contributed by atoms with van der Waals surface area (Å²) >= 11 is 0. The molecule has 2 nitrogen and oxygen atoms in total. The van der Waals surface area contributed by atoms with Gasteiger partial charge in [0.1, 0.15) is 5.82 Å². The molecular formula is C16H27FN2. The fourth-order valence-electron chi connectivity index (χ4n) is 2.76. The normalized spacial score (nSPS) is 16.4. The van der Waals surface area contributed by atoms with Gasteiger partial charge in [0.25, 0.3) is 0 Å². The minimum Gasteiger partial charge on any atom is -0.326 e. The zero-order chi connectivity index (χ0) is 14.5. The Bertz CT molecular complexity index is 373.